The van der Waals surface area contributed by atoms with E-state index in [1.165, 1.54) is 6.20 Å². The second kappa shape index (κ2) is 6.02. The van der Waals surface area contributed by atoms with Crippen molar-refractivity contribution < 1.29 is 21.6 Å². The molecule has 124 valence electrons. The Hall–Kier alpha value is -1.20. The van der Waals surface area contributed by atoms with E-state index in [4.69, 9.17) is 0 Å². The standard InChI is InChI=1S/C12H7Br2F3N2O3S/c1-23(21,22)9-4-6(12(15,16)17)2-3-8(9)19-11(20)10(14)7(13)5-18-19/h2-5H,1H3. The maximum Gasteiger partial charge on any atom is 0.416 e. The highest BCUT2D eigenvalue weighted by Gasteiger charge is 2.32. The lowest BCUT2D eigenvalue weighted by molar-refractivity contribution is -0.137. The van der Waals surface area contributed by atoms with Gasteiger partial charge in [-0.2, -0.15) is 23.0 Å². The highest BCUT2D eigenvalue weighted by Crippen LogP contribution is 2.32. The van der Waals surface area contributed by atoms with E-state index >= 15 is 0 Å². The van der Waals surface area contributed by atoms with Crippen LogP contribution in [-0.2, 0) is 16.0 Å². The zero-order chi connectivity index (χ0) is 17.6. The topological polar surface area (TPSA) is 69.0 Å². The molecule has 5 nitrogen and oxygen atoms in total. The van der Waals surface area contributed by atoms with Gasteiger partial charge in [0.1, 0.15) is 4.47 Å². The van der Waals surface area contributed by atoms with Crippen molar-refractivity contribution in [3.8, 4) is 5.69 Å². The van der Waals surface area contributed by atoms with Gasteiger partial charge in [-0.25, -0.2) is 8.42 Å². The van der Waals surface area contributed by atoms with Crippen LogP contribution in [-0.4, -0.2) is 24.5 Å². The molecular weight excluding hydrogens is 469 g/mol. The Morgan fingerprint density at radius 2 is 1.83 bits per heavy atom. The summed E-state index contributed by atoms with van der Waals surface area (Å²) in [7, 11) is -4.03. The van der Waals surface area contributed by atoms with Gasteiger partial charge in [0.05, 0.1) is 26.8 Å². The van der Waals surface area contributed by atoms with Crippen LogP contribution < -0.4 is 5.56 Å². The molecule has 0 spiro atoms. The summed E-state index contributed by atoms with van der Waals surface area (Å²) in [4.78, 5) is 11.5. The van der Waals surface area contributed by atoms with Gasteiger partial charge in [-0.1, -0.05) is 0 Å². The molecule has 0 aliphatic carbocycles. The van der Waals surface area contributed by atoms with Crippen molar-refractivity contribution in [1.29, 1.82) is 0 Å². The smallest absolute Gasteiger partial charge is 0.266 e. The lowest BCUT2D eigenvalue weighted by Crippen LogP contribution is -2.24. The summed E-state index contributed by atoms with van der Waals surface area (Å²) in [6.45, 7) is 0. The van der Waals surface area contributed by atoms with E-state index in [0.29, 0.717) is 21.3 Å². The third-order valence-corrected chi connectivity index (χ3v) is 5.82. The Morgan fingerprint density at radius 3 is 2.35 bits per heavy atom. The minimum Gasteiger partial charge on any atom is -0.266 e. The van der Waals surface area contributed by atoms with Gasteiger partial charge in [0.2, 0.25) is 0 Å². The van der Waals surface area contributed by atoms with Crippen molar-refractivity contribution in [2.75, 3.05) is 6.26 Å². The maximum absolute atomic E-state index is 12.8. The number of sulfone groups is 1. The number of hydrogen-bond acceptors (Lipinski definition) is 4. The third kappa shape index (κ3) is 3.66. The monoisotopic (exact) mass is 474 g/mol. The Kier molecular flexibility index (Phi) is 4.75. The molecule has 1 heterocycles. The van der Waals surface area contributed by atoms with Gasteiger partial charge in [-0.3, -0.25) is 4.79 Å². The van der Waals surface area contributed by atoms with E-state index in [1.807, 2.05) is 0 Å². The average Bonchev–Trinajstić information content (AvgIpc) is 2.42. The molecule has 0 unspecified atom stereocenters. The van der Waals surface area contributed by atoms with E-state index in [9.17, 15) is 26.4 Å². The first kappa shape index (κ1) is 18.1. The van der Waals surface area contributed by atoms with Crippen molar-refractivity contribution in [2.24, 2.45) is 0 Å². The van der Waals surface area contributed by atoms with Gasteiger partial charge in [0.15, 0.2) is 9.84 Å². The van der Waals surface area contributed by atoms with E-state index in [0.717, 1.165) is 12.3 Å². The average molecular weight is 476 g/mol. The second-order valence-electron chi connectivity index (χ2n) is 4.48. The minimum atomic E-state index is -4.71. The minimum absolute atomic E-state index is 0.0619. The molecule has 0 amide bonds. The SMILES string of the molecule is CS(=O)(=O)c1cc(C(F)(F)F)ccc1-n1ncc(Br)c(Br)c1=O. The zero-order valence-electron chi connectivity index (χ0n) is 11.2. The van der Waals surface area contributed by atoms with Crippen molar-refractivity contribution in [3.05, 3.63) is 49.3 Å². The Bertz CT molecular complexity index is 940. The Balaban J connectivity index is 2.84. The zero-order valence-corrected chi connectivity index (χ0v) is 15.2. The molecule has 0 atom stereocenters. The van der Waals surface area contributed by atoms with Crippen LogP contribution in [0.25, 0.3) is 5.69 Å². The van der Waals surface area contributed by atoms with Crippen LogP contribution in [0.2, 0.25) is 0 Å². The molecule has 0 aliphatic heterocycles. The summed E-state index contributed by atoms with van der Waals surface area (Å²) in [6.07, 6.45) is -2.74. The van der Waals surface area contributed by atoms with Crippen molar-refractivity contribution in [3.63, 3.8) is 0 Å². The summed E-state index contributed by atoms with van der Waals surface area (Å²) in [5.41, 5.74) is -2.12. The van der Waals surface area contributed by atoms with Crippen LogP contribution >= 0.6 is 31.9 Å². The van der Waals surface area contributed by atoms with Crippen molar-refractivity contribution >= 4 is 41.7 Å². The van der Waals surface area contributed by atoms with Gasteiger partial charge in [-0.05, 0) is 50.1 Å². The number of rotatable bonds is 2. The summed E-state index contributed by atoms with van der Waals surface area (Å²) < 4.78 is 63.2. The Morgan fingerprint density at radius 1 is 1.22 bits per heavy atom. The fourth-order valence-electron chi connectivity index (χ4n) is 1.75. The van der Waals surface area contributed by atoms with Crippen LogP contribution in [0.5, 0.6) is 0 Å². The molecule has 2 rings (SSSR count). The highest BCUT2D eigenvalue weighted by molar-refractivity contribution is 9.13. The van der Waals surface area contributed by atoms with Gasteiger partial charge in [0.25, 0.3) is 5.56 Å². The third-order valence-electron chi connectivity index (χ3n) is 2.79. The van der Waals surface area contributed by atoms with Gasteiger partial charge >= 0.3 is 6.18 Å². The highest BCUT2D eigenvalue weighted by atomic mass is 79.9. The summed E-state index contributed by atoms with van der Waals surface area (Å²) in [6, 6.07) is 2.07. The van der Waals surface area contributed by atoms with E-state index in [-0.39, 0.29) is 10.2 Å². The predicted molar refractivity (Wildman–Crippen MR) is 83.3 cm³/mol. The van der Waals surface area contributed by atoms with E-state index < -0.39 is 32.0 Å². The van der Waals surface area contributed by atoms with Crippen LogP contribution in [0, 0.1) is 0 Å². The fourth-order valence-corrected chi connectivity index (χ4v) is 3.15. The summed E-state index contributed by atoms with van der Waals surface area (Å²) in [5.74, 6) is 0. The first-order valence-electron chi connectivity index (χ1n) is 5.78. The molecule has 1 aromatic carbocycles. The number of aromatic nitrogens is 2. The van der Waals surface area contributed by atoms with Crippen LogP contribution in [0.4, 0.5) is 13.2 Å². The van der Waals surface area contributed by atoms with Crippen molar-refractivity contribution in [1.82, 2.24) is 9.78 Å². The fraction of sp³-hybridized carbons (Fsp3) is 0.167. The molecule has 11 heteroatoms. The van der Waals surface area contributed by atoms with Gasteiger partial charge in [-0.15, -0.1) is 0 Å². The molecule has 0 radical (unpaired) electrons. The van der Waals surface area contributed by atoms with Crippen LogP contribution in [0.1, 0.15) is 5.56 Å². The first-order chi connectivity index (χ1) is 10.4. The molecule has 2 aromatic rings. The number of alkyl halides is 3. The normalized spacial score (nSPS) is 12.4. The van der Waals surface area contributed by atoms with Gasteiger partial charge in [0, 0.05) is 6.26 Å². The predicted octanol–water partition coefficient (Wildman–Crippen LogP) is 3.18. The van der Waals surface area contributed by atoms with E-state index in [1.54, 1.807) is 0 Å². The quantitative estimate of drug-likeness (QED) is 0.669. The first-order valence-corrected chi connectivity index (χ1v) is 9.25. The largest absolute Gasteiger partial charge is 0.416 e. The lowest BCUT2D eigenvalue weighted by Gasteiger charge is -2.13. The molecular formula is C12H7Br2F3N2O3S. The van der Waals surface area contributed by atoms with Gasteiger partial charge < -0.3 is 0 Å². The number of hydrogen-bond donors (Lipinski definition) is 0. The lowest BCUT2D eigenvalue weighted by atomic mass is 10.2. The molecule has 0 N–H and O–H groups in total. The molecule has 0 bridgehead atoms. The molecule has 0 saturated heterocycles. The molecule has 0 saturated carbocycles. The maximum atomic E-state index is 12.8. The van der Waals surface area contributed by atoms with Crippen molar-refractivity contribution in [2.45, 2.75) is 11.1 Å². The Labute approximate surface area is 145 Å². The van der Waals surface area contributed by atoms with E-state index in [2.05, 4.69) is 37.0 Å². The number of halogens is 5. The molecule has 1 aromatic heterocycles. The molecule has 0 fully saturated rings. The number of benzene rings is 1. The second-order valence-corrected chi connectivity index (χ2v) is 8.11. The summed E-state index contributed by atoms with van der Waals surface area (Å²) >= 11 is 6.06. The van der Waals surface area contributed by atoms with Crippen LogP contribution in [0.15, 0.2) is 43.0 Å². The number of nitrogens with zero attached hydrogens (tertiary/aromatic N) is 2. The molecule has 0 aliphatic rings. The van der Waals surface area contributed by atoms with Crippen LogP contribution in [0.3, 0.4) is 0 Å². The molecule has 23 heavy (non-hydrogen) atoms. The summed E-state index contributed by atoms with van der Waals surface area (Å²) in [5, 5.41) is 3.76.